The summed E-state index contributed by atoms with van der Waals surface area (Å²) in [5.74, 6) is 1.57. The highest BCUT2D eigenvalue weighted by molar-refractivity contribution is 6.02. The van der Waals surface area contributed by atoms with Gasteiger partial charge in [-0.3, -0.25) is 4.98 Å². The van der Waals surface area contributed by atoms with Crippen LogP contribution in [0.25, 0.3) is 32.9 Å². The Morgan fingerprint density at radius 2 is 2.11 bits per heavy atom. The van der Waals surface area contributed by atoms with Gasteiger partial charge in [0.15, 0.2) is 5.82 Å². The van der Waals surface area contributed by atoms with Crippen LogP contribution in [0.5, 0.6) is 11.8 Å². The molecule has 2 aromatic heterocycles. The minimum absolute atomic E-state index is 0.00765. The SMILES string of the molecule is C#Cc1cccc2cc(O)cc(-c3ncc4c(N5CC(F)[C@@H](CC#N)C5)nc(OC)nc4c3F)c12. The molecule has 5 rings (SSSR count). The van der Waals surface area contributed by atoms with E-state index < -0.39 is 17.9 Å². The zero-order chi connectivity index (χ0) is 24.7. The fraction of sp³-hybridized carbons (Fsp3) is 0.231. The zero-order valence-corrected chi connectivity index (χ0v) is 18.7. The van der Waals surface area contributed by atoms with Crippen molar-refractivity contribution >= 4 is 27.5 Å². The number of nitriles is 1. The van der Waals surface area contributed by atoms with Gasteiger partial charge in [0.1, 0.15) is 28.9 Å². The minimum atomic E-state index is -1.22. The number of hydrogen-bond acceptors (Lipinski definition) is 7. The topological polar surface area (TPSA) is 95.2 Å². The third kappa shape index (κ3) is 3.71. The Morgan fingerprint density at radius 1 is 1.29 bits per heavy atom. The molecule has 1 N–H and O–H groups in total. The standard InChI is InChI=1S/C26H19F2N5O2/c1-3-14-5-4-6-15-9-17(34)10-18(21(14)15)23-22(28)24-19(11-30-23)25(32-26(31-24)35-2)33-12-16(7-8-29)20(27)13-33/h1,4-6,9-11,16,20,34H,7,12-13H2,2H3/t16-,20?/m0/s1. The molecule has 2 aromatic carbocycles. The Kier molecular flexibility index (Phi) is 5.54. The van der Waals surface area contributed by atoms with Crippen LogP contribution < -0.4 is 9.64 Å². The lowest BCUT2D eigenvalue weighted by atomic mass is 9.96. The number of methoxy groups -OCH3 is 1. The van der Waals surface area contributed by atoms with Gasteiger partial charge in [-0.1, -0.05) is 18.1 Å². The molecule has 1 saturated heterocycles. The first-order valence-corrected chi connectivity index (χ1v) is 10.8. The molecule has 1 aliphatic rings. The largest absolute Gasteiger partial charge is 0.508 e. The van der Waals surface area contributed by atoms with Crippen LogP contribution >= 0.6 is 0 Å². The average Bonchev–Trinajstić information content (AvgIpc) is 3.23. The molecule has 0 spiro atoms. The third-order valence-electron chi connectivity index (χ3n) is 6.21. The number of aromatic nitrogens is 3. The minimum Gasteiger partial charge on any atom is -0.508 e. The summed E-state index contributed by atoms with van der Waals surface area (Å²) in [6.45, 7) is 0.254. The normalized spacial score (nSPS) is 17.5. The summed E-state index contributed by atoms with van der Waals surface area (Å²) in [5.41, 5.74) is 0.714. The molecule has 35 heavy (non-hydrogen) atoms. The third-order valence-corrected chi connectivity index (χ3v) is 6.21. The number of pyridine rings is 1. The molecule has 0 aliphatic carbocycles. The predicted octanol–water partition coefficient (Wildman–Crippen LogP) is 4.37. The van der Waals surface area contributed by atoms with E-state index in [1.54, 1.807) is 29.2 Å². The number of ether oxygens (including phenoxy) is 1. The molecular formula is C26H19F2N5O2. The maximum absolute atomic E-state index is 16.0. The summed E-state index contributed by atoms with van der Waals surface area (Å²) >= 11 is 0. The van der Waals surface area contributed by atoms with E-state index in [9.17, 15) is 9.50 Å². The Hall–Kier alpha value is -4.50. The fourth-order valence-corrected chi connectivity index (χ4v) is 4.58. The average molecular weight is 471 g/mol. The lowest BCUT2D eigenvalue weighted by Crippen LogP contribution is -2.22. The van der Waals surface area contributed by atoms with Crippen LogP contribution in [-0.2, 0) is 0 Å². The Morgan fingerprint density at radius 3 is 2.86 bits per heavy atom. The molecule has 174 valence electrons. The molecule has 2 atom stereocenters. The number of nitrogens with zero attached hydrogens (tertiary/aromatic N) is 5. The van der Waals surface area contributed by atoms with Crippen molar-refractivity contribution in [2.75, 3.05) is 25.1 Å². The van der Waals surface area contributed by atoms with E-state index in [4.69, 9.17) is 16.4 Å². The highest BCUT2D eigenvalue weighted by atomic mass is 19.1. The Balaban J connectivity index is 1.73. The van der Waals surface area contributed by atoms with E-state index in [2.05, 4.69) is 20.9 Å². The van der Waals surface area contributed by atoms with E-state index >= 15 is 4.39 Å². The first kappa shape index (κ1) is 22.3. The number of benzene rings is 2. The summed E-state index contributed by atoms with van der Waals surface area (Å²) in [6, 6.07) is 10.1. The molecule has 9 heteroatoms. The Bertz CT molecular complexity index is 1560. The van der Waals surface area contributed by atoms with Gasteiger partial charge in [-0.15, -0.1) is 6.42 Å². The molecular weight excluding hydrogens is 452 g/mol. The van der Waals surface area contributed by atoms with E-state index in [0.29, 0.717) is 21.9 Å². The van der Waals surface area contributed by atoms with Gasteiger partial charge in [0.2, 0.25) is 0 Å². The second kappa shape index (κ2) is 8.69. The summed E-state index contributed by atoms with van der Waals surface area (Å²) in [5, 5.41) is 20.8. The van der Waals surface area contributed by atoms with Crippen molar-refractivity contribution in [3.63, 3.8) is 0 Å². The fourth-order valence-electron chi connectivity index (χ4n) is 4.58. The molecule has 0 amide bonds. The number of aromatic hydroxyl groups is 1. The second-order valence-electron chi connectivity index (χ2n) is 8.30. The van der Waals surface area contributed by atoms with Gasteiger partial charge in [-0.2, -0.15) is 15.2 Å². The van der Waals surface area contributed by atoms with Crippen molar-refractivity contribution in [1.82, 2.24) is 15.0 Å². The van der Waals surface area contributed by atoms with Crippen molar-refractivity contribution in [2.45, 2.75) is 12.6 Å². The number of phenols is 1. The number of fused-ring (bicyclic) bond motifs is 2. The van der Waals surface area contributed by atoms with E-state index in [-0.39, 0.29) is 53.7 Å². The zero-order valence-electron chi connectivity index (χ0n) is 18.7. The smallest absolute Gasteiger partial charge is 0.318 e. The van der Waals surface area contributed by atoms with Crippen molar-refractivity contribution in [2.24, 2.45) is 5.92 Å². The van der Waals surface area contributed by atoms with Crippen LogP contribution in [0.3, 0.4) is 0 Å². The number of terminal acetylenes is 1. The number of halogens is 2. The van der Waals surface area contributed by atoms with Crippen LogP contribution in [-0.4, -0.2) is 46.4 Å². The van der Waals surface area contributed by atoms with Crippen LogP contribution in [0.1, 0.15) is 12.0 Å². The Labute approximate surface area is 199 Å². The molecule has 0 radical (unpaired) electrons. The molecule has 3 heterocycles. The molecule has 0 saturated carbocycles. The van der Waals surface area contributed by atoms with Gasteiger partial charge in [-0.05, 0) is 23.6 Å². The summed E-state index contributed by atoms with van der Waals surface area (Å²) in [4.78, 5) is 14.6. The molecule has 1 aliphatic heterocycles. The van der Waals surface area contributed by atoms with Crippen LogP contribution in [0, 0.1) is 35.4 Å². The number of rotatable bonds is 4. The maximum atomic E-state index is 16.0. The van der Waals surface area contributed by atoms with Gasteiger partial charge in [0.25, 0.3) is 0 Å². The highest BCUT2D eigenvalue weighted by Gasteiger charge is 2.35. The molecule has 7 nitrogen and oxygen atoms in total. The van der Waals surface area contributed by atoms with Crippen LogP contribution in [0.15, 0.2) is 36.5 Å². The van der Waals surface area contributed by atoms with Crippen molar-refractivity contribution in [3.05, 3.63) is 47.9 Å². The number of alkyl halides is 1. The summed E-state index contributed by atoms with van der Waals surface area (Å²) in [7, 11) is 1.35. The first-order valence-electron chi connectivity index (χ1n) is 10.8. The lowest BCUT2D eigenvalue weighted by molar-refractivity contribution is 0.287. The second-order valence-corrected chi connectivity index (χ2v) is 8.30. The van der Waals surface area contributed by atoms with E-state index in [1.807, 2.05) is 6.07 Å². The van der Waals surface area contributed by atoms with Crippen molar-refractivity contribution in [3.8, 4) is 41.4 Å². The summed E-state index contributed by atoms with van der Waals surface area (Å²) in [6.07, 6.45) is 5.95. The van der Waals surface area contributed by atoms with E-state index in [1.165, 1.54) is 19.4 Å². The van der Waals surface area contributed by atoms with Gasteiger partial charge in [0.05, 0.1) is 25.1 Å². The summed E-state index contributed by atoms with van der Waals surface area (Å²) < 4.78 is 35.8. The number of phenolic OH excluding ortho intramolecular Hbond substituents is 1. The lowest BCUT2D eigenvalue weighted by Gasteiger charge is -2.20. The van der Waals surface area contributed by atoms with Crippen LogP contribution in [0.2, 0.25) is 0 Å². The quantitative estimate of drug-likeness (QED) is 0.442. The van der Waals surface area contributed by atoms with Crippen molar-refractivity contribution < 1.29 is 18.6 Å². The number of hydrogen-bond donors (Lipinski definition) is 1. The van der Waals surface area contributed by atoms with Gasteiger partial charge < -0.3 is 14.7 Å². The molecule has 0 bridgehead atoms. The molecule has 4 aromatic rings. The monoisotopic (exact) mass is 471 g/mol. The highest BCUT2D eigenvalue weighted by Crippen LogP contribution is 2.39. The predicted molar refractivity (Wildman–Crippen MR) is 127 cm³/mol. The van der Waals surface area contributed by atoms with Crippen molar-refractivity contribution in [1.29, 1.82) is 5.26 Å². The van der Waals surface area contributed by atoms with Gasteiger partial charge >= 0.3 is 6.01 Å². The molecule has 1 unspecified atom stereocenters. The number of anilines is 1. The first-order chi connectivity index (χ1) is 16.9. The van der Waals surface area contributed by atoms with Gasteiger partial charge in [0, 0.05) is 41.6 Å². The van der Waals surface area contributed by atoms with Gasteiger partial charge in [-0.25, -0.2) is 8.78 Å². The van der Waals surface area contributed by atoms with E-state index in [0.717, 1.165) is 0 Å². The molecule has 1 fully saturated rings. The maximum Gasteiger partial charge on any atom is 0.318 e. The van der Waals surface area contributed by atoms with Crippen LogP contribution in [0.4, 0.5) is 14.6 Å².